The number of carboxylic acids is 1. The fourth-order valence-corrected chi connectivity index (χ4v) is 5.87. The summed E-state index contributed by atoms with van der Waals surface area (Å²) in [6.45, 7) is 3.16. The van der Waals surface area contributed by atoms with Crippen molar-refractivity contribution < 1.29 is 19.4 Å². The molecule has 6 rings (SSSR count). The van der Waals surface area contributed by atoms with Crippen LogP contribution in [-0.2, 0) is 11.3 Å². The maximum Gasteiger partial charge on any atom is 0.415 e. The molecular formula is C27H29ClN2O4. The Morgan fingerprint density at radius 1 is 1.03 bits per heavy atom. The number of likely N-dealkylation sites (tertiary alicyclic amines) is 1. The van der Waals surface area contributed by atoms with Crippen LogP contribution in [-0.4, -0.2) is 47.3 Å². The Bertz CT molecular complexity index is 1100. The molecule has 1 amide bonds. The lowest BCUT2D eigenvalue weighted by atomic mass is 9.90. The third kappa shape index (κ3) is 4.18. The first kappa shape index (κ1) is 21.9. The quantitative estimate of drug-likeness (QED) is 0.567. The number of carbonyl (C=O) groups excluding carboxylic acids is 1. The van der Waals surface area contributed by atoms with Crippen LogP contribution in [0.3, 0.4) is 0 Å². The Balaban J connectivity index is 1.12. The molecule has 2 aliphatic carbocycles. The first-order valence-corrected chi connectivity index (χ1v) is 12.7. The fraction of sp³-hybridized carbons (Fsp3) is 0.481. The molecule has 0 atom stereocenters. The third-order valence-electron chi connectivity index (χ3n) is 7.79. The number of piperidine rings is 1. The number of carboxylic acid groups (broad SMARTS) is 1. The number of halogens is 1. The van der Waals surface area contributed by atoms with Gasteiger partial charge in [0.05, 0.1) is 12.1 Å². The minimum Gasteiger partial charge on any atom is -0.478 e. The second-order valence-corrected chi connectivity index (χ2v) is 10.8. The summed E-state index contributed by atoms with van der Waals surface area (Å²) >= 11 is 6.78. The molecule has 0 radical (unpaired) electrons. The van der Waals surface area contributed by atoms with Crippen LogP contribution in [0.15, 0.2) is 36.4 Å². The van der Waals surface area contributed by atoms with Crippen molar-refractivity contribution in [3.8, 4) is 0 Å². The van der Waals surface area contributed by atoms with Gasteiger partial charge in [0.2, 0.25) is 0 Å². The van der Waals surface area contributed by atoms with Gasteiger partial charge in [0.1, 0.15) is 5.60 Å². The topological polar surface area (TPSA) is 70.1 Å². The van der Waals surface area contributed by atoms with Gasteiger partial charge in [-0.3, -0.25) is 9.80 Å². The maximum atomic E-state index is 12.6. The zero-order valence-corrected chi connectivity index (χ0v) is 19.9. The number of benzene rings is 2. The molecule has 0 bridgehead atoms. The lowest BCUT2D eigenvalue weighted by Gasteiger charge is -2.37. The number of hydrogen-bond acceptors (Lipinski definition) is 4. The van der Waals surface area contributed by atoms with Crippen LogP contribution in [0.2, 0.25) is 5.02 Å². The van der Waals surface area contributed by atoms with E-state index in [2.05, 4.69) is 17.0 Å². The van der Waals surface area contributed by atoms with E-state index in [4.69, 9.17) is 21.4 Å². The fourth-order valence-electron chi connectivity index (χ4n) is 5.45. The number of nitrogens with zero attached hydrogens (tertiary/aromatic N) is 2. The highest BCUT2D eigenvalue weighted by Crippen LogP contribution is 2.50. The van der Waals surface area contributed by atoms with Crippen LogP contribution >= 0.6 is 11.6 Å². The summed E-state index contributed by atoms with van der Waals surface area (Å²) in [4.78, 5) is 27.8. The second kappa shape index (κ2) is 8.28. The molecule has 4 aliphatic rings. The van der Waals surface area contributed by atoms with Gasteiger partial charge < -0.3 is 9.84 Å². The summed E-state index contributed by atoms with van der Waals surface area (Å²) in [5, 5.41) is 10.1. The molecular weight excluding hydrogens is 452 g/mol. The summed E-state index contributed by atoms with van der Waals surface area (Å²) in [6.07, 6.45) is 6.24. The summed E-state index contributed by atoms with van der Waals surface area (Å²) in [6, 6.07) is 11.1. The average molecular weight is 481 g/mol. The van der Waals surface area contributed by atoms with Crippen LogP contribution in [0.1, 0.15) is 77.4 Å². The van der Waals surface area contributed by atoms with Gasteiger partial charge in [0.15, 0.2) is 0 Å². The Morgan fingerprint density at radius 3 is 2.15 bits per heavy atom. The van der Waals surface area contributed by atoms with Crippen LogP contribution in [0.4, 0.5) is 10.5 Å². The Hall–Kier alpha value is -2.57. The highest BCUT2D eigenvalue weighted by molar-refractivity contribution is 6.32. The molecule has 0 unspecified atom stereocenters. The summed E-state index contributed by atoms with van der Waals surface area (Å²) in [5.74, 6) is 0.305. The third-order valence-corrected chi connectivity index (χ3v) is 8.23. The Labute approximate surface area is 204 Å². The van der Waals surface area contributed by atoms with E-state index in [-0.39, 0.29) is 11.7 Å². The largest absolute Gasteiger partial charge is 0.478 e. The molecule has 2 heterocycles. The number of carbonyl (C=O) groups is 2. The molecule has 2 aliphatic heterocycles. The van der Waals surface area contributed by atoms with Crippen molar-refractivity contribution >= 4 is 29.4 Å². The Kier molecular flexibility index (Phi) is 5.34. The van der Waals surface area contributed by atoms with Crippen LogP contribution in [0.25, 0.3) is 0 Å². The van der Waals surface area contributed by atoms with Gasteiger partial charge in [-0.15, -0.1) is 0 Å². The van der Waals surface area contributed by atoms with Crippen LogP contribution < -0.4 is 4.90 Å². The molecule has 2 aromatic rings. The van der Waals surface area contributed by atoms with E-state index in [9.17, 15) is 9.59 Å². The second-order valence-electron chi connectivity index (χ2n) is 10.4. The standard InChI is InChI=1S/C27H29ClN2O4/c28-24-22(18-1-2-18)13-17(14-23(24)19-3-4-19)15-29-11-9-27(10-12-29)16-30(26(33)34-27)21-7-5-20(6-8-21)25(31)32/h5-8,13-14,18-19H,1-4,9-12,15-16H2,(H,31,32). The molecule has 2 saturated carbocycles. The van der Waals surface area contributed by atoms with Crippen molar-refractivity contribution in [2.45, 2.75) is 62.5 Å². The van der Waals surface area contributed by atoms with Gasteiger partial charge in [-0.2, -0.15) is 0 Å². The number of rotatable bonds is 6. The van der Waals surface area contributed by atoms with E-state index < -0.39 is 11.6 Å². The predicted octanol–water partition coefficient (Wildman–Crippen LogP) is 5.78. The lowest BCUT2D eigenvalue weighted by Crippen LogP contribution is -2.46. The van der Waals surface area contributed by atoms with Crippen molar-refractivity contribution in [1.29, 1.82) is 0 Å². The van der Waals surface area contributed by atoms with Gasteiger partial charge in [-0.05, 0) is 78.5 Å². The monoisotopic (exact) mass is 480 g/mol. The molecule has 6 nitrogen and oxygen atoms in total. The summed E-state index contributed by atoms with van der Waals surface area (Å²) < 4.78 is 5.89. The number of amides is 1. The summed E-state index contributed by atoms with van der Waals surface area (Å²) in [7, 11) is 0. The van der Waals surface area contributed by atoms with Crippen molar-refractivity contribution in [3.63, 3.8) is 0 Å². The molecule has 1 N–H and O–H groups in total. The first-order valence-electron chi connectivity index (χ1n) is 12.3. The van der Waals surface area contributed by atoms with Crippen LogP contribution in [0, 0.1) is 0 Å². The smallest absolute Gasteiger partial charge is 0.415 e. The first-order chi connectivity index (χ1) is 16.4. The van der Waals surface area contributed by atoms with Gasteiger partial charge in [0, 0.05) is 43.2 Å². The average Bonchev–Trinajstić information content (AvgIpc) is 3.74. The molecule has 0 aromatic heterocycles. The van der Waals surface area contributed by atoms with Gasteiger partial charge in [0.25, 0.3) is 0 Å². The highest BCUT2D eigenvalue weighted by atomic mass is 35.5. The lowest BCUT2D eigenvalue weighted by molar-refractivity contribution is -0.000987. The molecule has 4 fully saturated rings. The molecule has 2 aromatic carbocycles. The van der Waals surface area contributed by atoms with Gasteiger partial charge in [-0.1, -0.05) is 23.7 Å². The van der Waals surface area contributed by atoms with Crippen LogP contribution in [0.5, 0.6) is 0 Å². The van der Waals surface area contributed by atoms with E-state index in [1.807, 2.05) is 0 Å². The van der Waals surface area contributed by atoms with Crippen molar-refractivity contribution in [1.82, 2.24) is 4.90 Å². The predicted molar refractivity (Wildman–Crippen MR) is 130 cm³/mol. The zero-order valence-electron chi connectivity index (χ0n) is 19.1. The highest BCUT2D eigenvalue weighted by Gasteiger charge is 2.47. The summed E-state index contributed by atoms with van der Waals surface area (Å²) in [5.41, 5.74) is 4.46. The maximum absolute atomic E-state index is 12.6. The normalized spacial score (nSPS) is 22.3. The Morgan fingerprint density at radius 2 is 1.62 bits per heavy atom. The van der Waals surface area contributed by atoms with Gasteiger partial charge >= 0.3 is 12.1 Å². The van der Waals surface area contributed by atoms with E-state index in [1.54, 1.807) is 17.0 Å². The van der Waals surface area contributed by atoms with Crippen molar-refractivity contribution in [3.05, 3.63) is 63.7 Å². The zero-order chi connectivity index (χ0) is 23.4. The van der Waals surface area contributed by atoms with E-state index in [1.165, 1.54) is 54.5 Å². The molecule has 7 heteroatoms. The number of aromatic carboxylic acids is 1. The minimum atomic E-state index is -0.978. The van der Waals surface area contributed by atoms with Crippen molar-refractivity contribution in [2.75, 3.05) is 24.5 Å². The van der Waals surface area contributed by atoms with E-state index in [0.29, 0.717) is 24.1 Å². The number of hydrogen-bond donors (Lipinski definition) is 1. The molecule has 178 valence electrons. The molecule has 2 saturated heterocycles. The number of anilines is 1. The SMILES string of the molecule is O=C(O)c1ccc(N2CC3(CCN(Cc4cc(C5CC5)c(Cl)c(C5CC5)c4)CC3)OC2=O)cc1. The minimum absolute atomic E-state index is 0.205. The molecule has 1 spiro atoms. The number of ether oxygens (including phenoxy) is 1. The van der Waals surface area contributed by atoms with E-state index in [0.717, 1.165) is 37.5 Å². The van der Waals surface area contributed by atoms with E-state index >= 15 is 0 Å². The molecule has 34 heavy (non-hydrogen) atoms. The van der Waals surface area contributed by atoms with Crippen molar-refractivity contribution in [2.24, 2.45) is 0 Å². The van der Waals surface area contributed by atoms with Gasteiger partial charge in [-0.25, -0.2) is 9.59 Å².